The van der Waals surface area contributed by atoms with Gasteiger partial charge in [0.15, 0.2) is 5.82 Å². The van der Waals surface area contributed by atoms with Gasteiger partial charge in [-0.15, -0.1) is 11.6 Å². The lowest BCUT2D eigenvalue weighted by Crippen LogP contribution is -2.13. The maximum absolute atomic E-state index is 11.2. The van der Waals surface area contributed by atoms with E-state index >= 15 is 0 Å². The number of rotatable bonds is 4. The molecule has 1 amide bonds. The molecule has 1 N–H and O–H groups in total. The molecule has 18 heavy (non-hydrogen) atoms. The molecule has 0 radical (unpaired) electrons. The molecule has 0 saturated carbocycles. The monoisotopic (exact) mass is 263 g/mol. The smallest absolute Gasteiger partial charge is 0.240 e. The summed E-state index contributed by atoms with van der Waals surface area (Å²) in [6, 6.07) is 11.9. The normalized spacial score (nSPS) is 10.3. The topological polar surface area (TPSA) is 46.9 Å². The zero-order valence-corrected chi connectivity index (χ0v) is 10.8. The molecule has 2 aromatic rings. The third kappa shape index (κ3) is 3.11. The van der Waals surface area contributed by atoms with Crippen LogP contribution in [0, 0.1) is 6.92 Å². The van der Waals surface area contributed by atoms with Gasteiger partial charge in [-0.3, -0.25) is 9.48 Å². The predicted octanol–water partition coefficient (Wildman–Crippen LogP) is 2.42. The molecule has 2 rings (SSSR count). The van der Waals surface area contributed by atoms with E-state index in [1.54, 1.807) is 0 Å². The SMILES string of the molecule is Cc1cc(NC(=O)CCl)nn1Cc1ccccc1. The lowest BCUT2D eigenvalue weighted by Gasteiger charge is -2.03. The van der Waals surface area contributed by atoms with Crippen LogP contribution in [0.25, 0.3) is 0 Å². The number of hydrogen-bond donors (Lipinski definition) is 1. The number of hydrogen-bond acceptors (Lipinski definition) is 2. The number of aryl methyl sites for hydroxylation is 1. The predicted molar refractivity (Wildman–Crippen MR) is 71.9 cm³/mol. The quantitative estimate of drug-likeness (QED) is 0.861. The van der Waals surface area contributed by atoms with Gasteiger partial charge in [0.2, 0.25) is 5.91 Å². The second kappa shape index (κ2) is 5.69. The molecule has 0 bridgehead atoms. The summed E-state index contributed by atoms with van der Waals surface area (Å²) >= 11 is 5.43. The van der Waals surface area contributed by atoms with E-state index < -0.39 is 0 Å². The van der Waals surface area contributed by atoms with E-state index in [0.29, 0.717) is 12.4 Å². The molecule has 0 spiro atoms. The van der Waals surface area contributed by atoms with Gasteiger partial charge in [-0.1, -0.05) is 30.3 Å². The van der Waals surface area contributed by atoms with E-state index in [0.717, 1.165) is 5.69 Å². The van der Waals surface area contributed by atoms with E-state index in [-0.39, 0.29) is 11.8 Å². The van der Waals surface area contributed by atoms with E-state index in [1.165, 1.54) is 5.56 Å². The first kappa shape index (κ1) is 12.6. The van der Waals surface area contributed by atoms with Crippen LogP contribution in [-0.2, 0) is 11.3 Å². The highest BCUT2D eigenvalue weighted by Gasteiger charge is 2.07. The van der Waals surface area contributed by atoms with Crippen molar-refractivity contribution in [3.63, 3.8) is 0 Å². The zero-order chi connectivity index (χ0) is 13.0. The van der Waals surface area contributed by atoms with Gasteiger partial charge in [0.1, 0.15) is 5.88 Å². The number of nitrogens with zero attached hydrogens (tertiary/aromatic N) is 2. The molecule has 0 aliphatic heterocycles. The highest BCUT2D eigenvalue weighted by Crippen LogP contribution is 2.11. The van der Waals surface area contributed by atoms with Crippen molar-refractivity contribution in [2.45, 2.75) is 13.5 Å². The van der Waals surface area contributed by atoms with Crippen molar-refractivity contribution in [3.05, 3.63) is 47.7 Å². The maximum Gasteiger partial charge on any atom is 0.240 e. The number of halogens is 1. The Morgan fingerprint density at radius 3 is 2.78 bits per heavy atom. The van der Waals surface area contributed by atoms with E-state index in [2.05, 4.69) is 10.4 Å². The summed E-state index contributed by atoms with van der Waals surface area (Å²) in [5.74, 6) is 0.222. The number of aromatic nitrogens is 2. The molecule has 1 aromatic heterocycles. The van der Waals surface area contributed by atoms with Crippen LogP contribution in [0.2, 0.25) is 0 Å². The van der Waals surface area contributed by atoms with Crippen LogP contribution >= 0.6 is 11.6 Å². The summed E-state index contributed by atoms with van der Waals surface area (Å²) in [7, 11) is 0. The molecule has 1 aromatic carbocycles. The Kier molecular flexibility index (Phi) is 3.99. The van der Waals surface area contributed by atoms with Crippen molar-refractivity contribution < 1.29 is 4.79 Å². The Bertz CT molecular complexity index is 536. The summed E-state index contributed by atoms with van der Waals surface area (Å²) in [5, 5.41) is 6.95. The van der Waals surface area contributed by atoms with E-state index in [1.807, 2.05) is 48.0 Å². The van der Waals surface area contributed by atoms with Gasteiger partial charge in [0, 0.05) is 11.8 Å². The number of carbonyl (C=O) groups excluding carboxylic acids is 1. The van der Waals surface area contributed by atoms with Crippen LogP contribution in [0.15, 0.2) is 36.4 Å². The minimum atomic E-state index is -0.249. The molecule has 0 atom stereocenters. The highest BCUT2D eigenvalue weighted by molar-refractivity contribution is 6.28. The molecular formula is C13H14ClN3O. The number of benzene rings is 1. The van der Waals surface area contributed by atoms with Crippen molar-refractivity contribution in [2.75, 3.05) is 11.2 Å². The van der Waals surface area contributed by atoms with Crippen LogP contribution in [-0.4, -0.2) is 21.6 Å². The first-order chi connectivity index (χ1) is 8.69. The zero-order valence-electron chi connectivity index (χ0n) is 10.1. The number of amides is 1. The fourth-order valence-electron chi connectivity index (χ4n) is 1.66. The Hall–Kier alpha value is -1.81. The first-order valence-corrected chi connectivity index (χ1v) is 6.16. The molecule has 1 heterocycles. The summed E-state index contributed by atoms with van der Waals surface area (Å²) < 4.78 is 1.85. The molecule has 4 nitrogen and oxygen atoms in total. The lowest BCUT2D eigenvalue weighted by molar-refractivity contribution is -0.113. The van der Waals surface area contributed by atoms with Crippen LogP contribution in [0.3, 0.4) is 0 Å². The summed E-state index contributed by atoms with van der Waals surface area (Å²) in [6.45, 7) is 2.63. The van der Waals surface area contributed by atoms with Crippen LogP contribution < -0.4 is 5.32 Å². The van der Waals surface area contributed by atoms with Gasteiger partial charge in [-0.25, -0.2) is 0 Å². The molecule has 0 unspecified atom stereocenters. The molecule has 0 aliphatic rings. The van der Waals surface area contributed by atoms with Gasteiger partial charge >= 0.3 is 0 Å². The van der Waals surface area contributed by atoms with Gasteiger partial charge in [-0.05, 0) is 12.5 Å². The molecular weight excluding hydrogens is 250 g/mol. The molecule has 0 saturated heterocycles. The minimum Gasteiger partial charge on any atom is -0.308 e. The molecule has 5 heteroatoms. The summed E-state index contributed by atoms with van der Waals surface area (Å²) in [4.78, 5) is 11.2. The molecule has 0 aliphatic carbocycles. The Labute approximate surface area is 111 Å². The first-order valence-electron chi connectivity index (χ1n) is 5.63. The summed E-state index contributed by atoms with van der Waals surface area (Å²) in [5.41, 5.74) is 2.16. The number of anilines is 1. The van der Waals surface area contributed by atoms with Crippen molar-refractivity contribution in [2.24, 2.45) is 0 Å². The maximum atomic E-state index is 11.2. The van der Waals surface area contributed by atoms with Gasteiger partial charge < -0.3 is 5.32 Å². The van der Waals surface area contributed by atoms with Gasteiger partial charge in [-0.2, -0.15) is 5.10 Å². The largest absolute Gasteiger partial charge is 0.308 e. The average molecular weight is 264 g/mol. The second-order valence-corrected chi connectivity index (χ2v) is 4.26. The standard InChI is InChI=1S/C13H14ClN3O/c1-10-7-12(15-13(18)8-14)16-17(10)9-11-5-3-2-4-6-11/h2-7H,8-9H2,1H3,(H,15,16,18). The fourth-order valence-corrected chi connectivity index (χ4v) is 1.73. The van der Waals surface area contributed by atoms with Crippen LogP contribution in [0.4, 0.5) is 5.82 Å². The van der Waals surface area contributed by atoms with Crippen molar-refractivity contribution in [3.8, 4) is 0 Å². The molecule has 94 valence electrons. The van der Waals surface area contributed by atoms with Gasteiger partial charge in [0.25, 0.3) is 0 Å². The fraction of sp³-hybridized carbons (Fsp3) is 0.231. The highest BCUT2D eigenvalue weighted by atomic mass is 35.5. The third-order valence-electron chi connectivity index (χ3n) is 2.55. The van der Waals surface area contributed by atoms with Crippen molar-refractivity contribution in [1.29, 1.82) is 0 Å². The van der Waals surface area contributed by atoms with Gasteiger partial charge in [0.05, 0.1) is 6.54 Å². The van der Waals surface area contributed by atoms with E-state index in [9.17, 15) is 4.79 Å². The average Bonchev–Trinajstić information content (AvgIpc) is 2.71. The minimum absolute atomic E-state index is 0.0649. The number of alkyl halides is 1. The number of nitrogens with one attached hydrogen (secondary N) is 1. The van der Waals surface area contributed by atoms with Crippen molar-refractivity contribution >= 4 is 23.3 Å². The van der Waals surface area contributed by atoms with E-state index in [4.69, 9.17) is 11.6 Å². The van der Waals surface area contributed by atoms with Crippen LogP contribution in [0.5, 0.6) is 0 Å². The second-order valence-electron chi connectivity index (χ2n) is 4.00. The van der Waals surface area contributed by atoms with Crippen LogP contribution in [0.1, 0.15) is 11.3 Å². The third-order valence-corrected chi connectivity index (χ3v) is 2.79. The number of carbonyl (C=O) groups is 1. The Morgan fingerprint density at radius 2 is 2.11 bits per heavy atom. The van der Waals surface area contributed by atoms with Crippen molar-refractivity contribution in [1.82, 2.24) is 9.78 Å². The molecule has 0 fully saturated rings. The Balaban J connectivity index is 2.12. The lowest BCUT2D eigenvalue weighted by atomic mass is 10.2. The summed E-state index contributed by atoms with van der Waals surface area (Å²) in [6.07, 6.45) is 0. The Morgan fingerprint density at radius 1 is 1.39 bits per heavy atom.